The molecule has 2 N–H and O–H groups in total. The molecule has 4 unspecified atom stereocenters. The van der Waals surface area contributed by atoms with Gasteiger partial charge in [0, 0.05) is 40.0 Å². The monoisotopic (exact) mass is 763 g/mol. The normalized spacial score (nSPS) is 19.1. The van der Waals surface area contributed by atoms with Crippen molar-refractivity contribution >= 4 is 42.2 Å². The molecular weight excluding hydrogens is 699 g/mol. The Balaban J connectivity index is 2.25. The molecule has 0 bridgehead atoms. The van der Waals surface area contributed by atoms with Crippen molar-refractivity contribution in [2.24, 2.45) is 17.8 Å². The van der Waals surface area contributed by atoms with Crippen molar-refractivity contribution in [3.63, 3.8) is 0 Å². The second-order valence-electron chi connectivity index (χ2n) is 14.8. The quantitative estimate of drug-likeness (QED) is 0.127. The summed E-state index contributed by atoms with van der Waals surface area (Å²) in [6.07, 6.45) is 1.02. The topological polar surface area (TPSA) is 147 Å². The SMILES string of the molecule is CC[C@H](C)[C@@H]([C@@H](CC(=O)N1CCCC1[C@H](OC)[C@@H](C)C(=O)NC(Cc1ccccc1)C(=O)OC)OC)N(C)C(=O)C(CS)NC(=O)C(C(C)C)N(C)C. The first-order chi connectivity index (χ1) is 25.1. The molecule has 0 aromatic heterocycles. The molecule has 9 atom stereocenters. The minimum Gasteiger partial charge on any atom is -0.467 e. The number of likely N-dealkylation sites (tertiary alicyclic amines) is 1. The van der Waals surface area contributed by atoms with Crippen LogP contribution in [0.1, 0.15) is 65.9 Å². The highest BCUT2D eigenvalue weighted by atomic mass is 32.1. The molecule has 1 aromatic rings. The van der Waals surface area contributed by atoms with E-state index in [1.807, 2.05) is 77.0 Å². The van der Waals surface area contributed by atoms with E-state index >= 15 is 0 Å². The van der Waals surface area contributed by atoms with Crippen LogP contribution in [0.15, 0.2) is 30.3 Å². The number of carbonyl (C=O) groups is 5. The average molecular weight is 764 g/mol. The third kappa shape index (κ3) is 12.4. The van der Waals surface area contributed by atoms with Gasteiger partial charge in [-0.1, -0.05) is 71.4 Å². The summed E-state index contributed by atoms with van der Waals surface area (Å²) >= 11 is 4.42. The van der Waals surface area contributed by atoms with Crippen LogP contribution < -0.4 is 10.6 Å². The largest absolute Gasteiger partial charge is 0.467 e. The first kappa shape index (κ1) is 46.0. The molecule has 4 amide bonds. The molecule has 0 saturated carbocycles. The van der Waals surface area contributed by atoms with Crippen LogP contribution in [-0.4, -0.2) is 141 Å². The number of rotatable bonds is 21. The molecule has 53 heavy (non-hydrogen) atoms. The van der Waals surface area contributed by atoms with Crippen LogP contribution in [0.4, 0.5) is 0 Å². The Kier molecular flexibility index (Phi) is 19.3. The summed E-state index contributed by atoms with van der Waals surface area (Å²) in [6, 6.07) is 6.29. The van der Waals surface area contributed by atoms with Crippen LogP contribution in [0.3, 0.4) is 0 Å². The Morgan fingerprint density at radius 1 is 0.925 bits per heavy atom. The van der Waals surface area contributed by atoms with Gasteiger partial charge in [0.1, 0.15) is 12.1 Å². The van der Waals surface area contributed by atoms with Crippen LogP contribution in [0.25, 0.3) is 0 Å². The van der Waals surface area contributed by atoms with Gasteiger partial charge >= 0.3 is 5.97 Å². The summed E-state index contributed by atoms with van der Waals surface area (Å²) in [5.74, 6) is -2.31. The van der Waals surface area contributed by atoms with E-state index in [2.05, 4.69) is 23.3 Å². The van der Waals surface area contributed by atoms with Gasteiger partial charge in [0.15, 0.2) is 0 Å². The summed E-state index contributed by atoms with van der Waals surface area (Å²) in [6.45, 7) is 10.2. The van der Waals surface area contributed by atoms with Crippen LogP contribution in [-0.2, 0) is 44.6 Å². The maximum Gasteiger partial charge on any atom is 0.328 e. The molecule has 1 aliphatic rings. The zero-order valence-electron chi connectivity index (χ0n) is 33.7. The number of thiol groups is 1. The van der Waals surface area contributed by atoms with E-state index in [4.69, 9.17) is 14.2 Å². The fourth-order valence-corrected chi connectivity index (χ4v) is 7.86. The molecule has 0 radical (unpaired) electrons. The molecule has 1 aromatic carbocycles. The summed E-state index contributed by atoms with van der Waals surface area (Å²) in [4.78, 5) is 72.8. The standard InChI is InChI=1S/C39H65N5O8S/c1-12-25(4)34(43(8)38(48)29(23-53)41-37(47)33(24(2)3)42(6)7)31(50-9)22-32(45)44-20-16-19-30(44)35(51-10)26(5)36(46)40-28(39(49)52-11)21-27-17-14-13-15-18-27/h13-15,17-18,24-26,28-31,33-35,53H,12,16,19-23H2,1-11H3,(H,40,46)(H,41,47)/t25-,26+,28?,29?,30?,31+,33?,34-,35+/m0/s1. The number of ether oxygens (including phenoxy) is 3. The minimum atomic E-state index is -0.893. The zero-order chi connectivity index (χ0) is 40.0. The highest BCUT2D eigenvalue weighted by molar-refractivity contribution is 7.80. The second kappa shape index (κ2) is 22.2. The molecule has 1 fully saturated rings. The minimum absolute atomic E-state index is 0.00785. The Morgan fingerprint density at radius 2 is 1.55 bits per heavy atom. The number of hydrogen-bond acceptors (Lipinski definition) is 10. The second-order valence-corrected chi connectivity index (χ2v) is 15.1. The lowest BCUT2D eigenvalue weighted by Crippen LogP contribution is -2.59. The zero-order valence-corrected chi connectivity index (χ0v) is 34.6. The molecular formula is C39H65N5O8S. The Bertz CT molecular complexity index is 1330. The molecule has 0 spiro atoms. The number of nitrogens with zero attached hydrogens (tertiary/aromatic N) is 3. The van der Waals surface area contributed by atoms with Crippen molar-refractivity contribution < 1.29 is 38.2 Å². The molecule has 300 valence electrons. The van der Waals surface area contributed by atoms with Crippen LogP contribution in [0.2, 0.25) is 0 Å². The van der Waals surface area contributed by atoms with Gasteiger partial charge in [-0.15, -0.1) is 0 Å². The van der Waals surface area contributed by atoms with Crippen LogP contribution in [0, 0.1) is 17.8 Å². The van der Waals surface area contributed by atoms with E-state index < -0.39 is 54.3 Å². The van der Waals surface area contributed by atoms with Gasteiger partial charge in [0.05, 0.1) is 49.8 Å². The molecule has 1 saturated heterocycles. The third-order valence-corrected chi connectivity index (χ3v) is 11.0. The van der Waals surface area contributed by atoms with Crippen molar-refractivity contribution in [2.45, 2.75) is 109 Å². The Hall–Kier alpha value is -3.20. The first-order valence-electron chi connectivity index (χ1n) is 18.7. The van der Waals surface area contributed by atoms with Crippen molar-refractivity contribution in [3.8, 4) is 0 Å². The molecule has 13 nitrogen and oxygen atoms in total. The number of amides is 4. The van der Waals surface area contributed by atoms with Gasteiger partial charge in [-0.3, -0.25) is 24.1 Å². The van der Waals surface area contributed by atoms with Crippen molar-refractivity contribution in [3.05, 3.63) is 35.9 Å². The Morgan fingerprint density at radius 3 is 2.06 bits per heavy atom. The number of carbonyl (C=O) groups excluding carboxylic acids is 5. The highest BCUT2D eigenvalue weighted by Crippen LogP contribution is 2.29. The third-order valence-electron chi connectivity index (χ3n) is 10.6. The number of esters is 1. The summed E-state index contributed by atoms with van der Waals surface area (Å²) in [5.41, 5.74) is 0.873. The molecule has 0 aliphatic carbocycles. The lowest BCUT2D eigenvalue weighted by atomic mass is 9.90. The van der Waals surface area contributed by atoms with Gasteiger partial charge < -0.3 is 34.6 Å². The van der Waals surface area contributed by atoms with E-state index in [0.717, 1.165) is 12.0 Å². The molecule has 2 rings (SSSR count). The number of methoxy groups -OCH3 is 3. The molecule has 1 aliphatic heterocycles. The maximum atomic E-state index is 14.1. The van der Waals surface area contributed by atoms with Gasteiger partial charge in [-0.25, -0.2) is 4.79 Å². The predicted octanol–water partition coefficient (Wildman–Crippen LogP) is 2.81. The number of likely N-dealkylation sites (N-methyl/N-ethyl adjacent to an activating group) is 2. The Labute approximate surface area is 322 Å². The fourth-order valence-electron chi connectivity index (χ4n) is 7.62. The first-order valence-corrected chi connectivity index (χ1v) is 19.3. The van der Waals surface area contributed by atoms with Crippen molar-refractivity contribution in [2.75, 3.05) is 54.8 Å². The maximum absolute atomic E-state index is 14.1. The van der Waals surface area contributed by atoms with Crippen molar-refractivity contribution in [1.29, 1.82) is 0 Å². The van der Waals surface area contributed by atoms with E-state index in [-0.39, 0.29) is 54.1 Å². The highest BCUT2D eigenvalue weighted by Gasteiger charge is 2.43. The van der Waals surface area contributed by atoms with Gasteiger partial charge in [-0.05, 0) is 44.3 Å². The van der Waals surface area contributed by atoms with E-state index in [1.54, 1.807) is 23.8 Å². The fraction of sp³-hybridized carbons (Fsp3) is 0.718. The van der Waals surface area contributed by atoms with Crippen LogP contribution in [0.5, 0.6) is 0 Å². The van der Waals surface area contributed by atoms with Crippen molar-refractivity contribution in [1.82, 2.24) is 25.3 Å². The number of benzene rings is 1. The van der Waals surface area contributed by atoms with E-state index in [1.165, 1.54) is 21.3 Å². The summed E-state index contributed by atoms with van der Waals surface area (Å²) in [5, 5.41) is 5.76. The average Bonchev–Trinajstić information content (AvgIpc) is 3.62. The van der Waals surface area contributed by atoms with Gasteiger partial charge in [0.25, 0.3) is 0 Å². The summed E-state index contributed by atoms with van der Waals surface area (Å²) < 4.78 is 16.9. The van der Waals surface area contributed by atoms with Gasteiger partial charge in [0.2, 0.25) is 23.6 Å². The van der Waals surface area contributed by atoms with Crippen LogP contribution >= 0.6 is 12.6 Å². The molecule has 1 heterocycles. The smallest absolute Gasteiger partial charge is 0.328 e. The number of hydrogen-bond donors (Lipinski definition) is 3. The van der Waals surface area contributed by atoms with E-state index in [9.17, 15) is 24.0 Å². The van der Waals surface area contributed by atoms with Gasteiger partial charge in [-0.2, -0.15) is 12.6 Å². The number of nitrogens with one attached hydrogen (secondary N) is 2. The lowest BCUT2D eigenvalue weighted by molar-refractivity contribution is -0.148. The predicted molar refractivity (Wildman–Crippen MR) is 208 cm³/mol. The summed E-state index contributed by atoms with van der Waals surface area (Å²) in [7, 11) is 9.68. The van der Waals surface area contributed by atoms with E-state index in [0.29, 0.717) is 19.4 Å². The lowest BCUT2D eigenvalue weighted by Gasteiger charge is -2.40. The molecule has 14 heteroatoms.